The zero-order valence-corrected chi connectivity index (χ0v) is 22.2. The molecule has 0 aliphatic carbocycles. The van der Waals surface area contributed by atoms with Gasteiger partial charge in [0.05, 0.1) is 6.42 Å². The van der Waals surface area contributed by atoms with E-state index >= 15 is 0 Å². The summed E-state index contributed by atoms with van der Waals surface area (Å²) in [7, 11) is -1.11. The van der Waals surface area contributed by atoms with E-state index in [1.165, 1.54) is 0 Å². The number of halogens is 1. The highest BCUT2D eigenvalue weighted by Gasteiger charge is 2.13. The van der Waals surface area contributed by atoms with Gasteiger partial charge < -0.3 is 15.2 Å². The predicted molar refractivity (Wildman–Crippen MR) is 150 cm³/mol. The lowest BCUT2D eigenvalue weighted by atomic mass is 10.0. The average molecular weight is 548 g/mol. The Labute approximate surface area is 228 Å². The first-order valence-electron chi connectivity index (χ1n) is 11.9. The fraction of sp³-hybridized carbons (Fsp3) is 0.133. The quantitative estimate of drug-likeness (QED) is 0.249. The van der Waals surface area contributed by atoms with Crippen LogP contribution in [0.1, 0.15) is 21.5 Å². The van der Waals surface area contributed by atoms with Crippen molar-refractivity contribution in [3.8, 4) is 22.6 Å². The average Bonchev–Trinajstić information content (AvgIpc) is 2.91. The number of rotatable bonds is 10. The van der Waals surface area contributed by atoms with Gasteiger partial charge >= 0.3 is 5.97 Å². The molecule has 4 rings (SSSR count). The van der Waals surface area contributed by atoms with Crippen molar-refractivity contribution in [1.82, 2.24) is 5.32 Å². The lowest BCUT2D eigenvalue weighted by molar-refractivity contribution is -0.136. The molecule has 0 aliphatic heterocycles. The van der Waals surface area contributed by atoms with Gasteiger partial charge in [-0.3, -0.25) is 13.8 Å². The molecule has 2 N–H and O–H groups in total. The van der Waals surface area contributed by atoms with Crippen LogP contribution in [-0.4, -0.2) is 34.0 Å². The molecule has 4 aromatic carbocycles. The van der Waals surface area contributed by atoms with Gasteiger partial charge in [-0.2, -0.15) is 0 Å². The summed E-state index contributed by atoms with van der Waals surface area (Å²) in [6.07, 6.45) is 2.19. The maximum atomic E-state index is 12.6. The van der Waals surface area contributed by atoms with Gasteiger partial charge in [0.2, 0.25) is 0 Å². The lowest BCUT2D eigenvalue weighted by Crippen LogP contribution is -2.25. The molecule has 0 saturated carbocycles. The first-order valence-corrected chi connectivity index (χ1v) is 13.8. The SMILES string of the molecule is CS(=O)c1ccc(-c2cc(CC(=O)O)ccc2Oc2ccc(C(=O)NCCc3ccc(Cl)cc3)cc2)cc1. The summed E-state index contributed by atoms with van der Waals surface area (Å²) < 4.78 is 17.9. The molecule has 1 amide bonds. The molecule has 0 heterocycles. The van der Waals surface area contributed by atoms with Gasteiger partial charge in [0.25, 0.3) is 5.91 Å². The number of amides is 1. The lowest BCUT2D eigenvalue weighted by Gasteiger charge is -2.14. The van der Waals surface area contributed by atoms with E-state index in [1.807, 2.05) is 36.4 Å². The Kier molecular flexibility index (Phi) is 8.94. The normalized spacial score (nSPS) is 11.5. The summed E-state index contributed by atoms with van der Waals surface area (Å²) in [5.74, 6) is -0.0492. The van der Waals surface area contributed by atoms with Crippen molar-refractivity contribution >= 4 is 34.3 Å². The molecule has 1 unspecified atom stereocenters. The summed E-state index contributed by atoms with van der Waals surface area (Å²) in [4.78, 5) is 24.5. The minimum atomic E-state index is -1.11. The largest absolute Gasteiger partial charge is 0.481 e. The first-order chi connectivity index (χ1) is 18.3. The Balaban J connectivity index is 1.47. The topological polar surface area (TPSA) is 92.7 Å². The highest BCUT2D eigenvalue weighted by atomic mass is 35.5. The highest BCUT2D eigenvalue weighted by Crippen LogP contribution is 2.35. The molecule has 0 saturated heterocycles. The highest BCUT2D eigenvalue weighted by molar-refractivity contribution is 7.84. The van der Waals surface area contributed by atoms with Gasteiger partial charge in [0.15, 0.2) is 0 Å². The Morgan fingerprint density at radius 1 is 0.895 bits per heavy atom. The van der Waals surface area contributed by atoms with E-state index in [0.29, 0.717) is 51.1 Å². The zero-order chi connectivity index (χ0) is 27.1. The van der Waals surface area contributed by atoms with E-state index in [1.54, 1.807) is 60.9 Å². The molecule has 0 bridgehead atoms. The fourth-order valence-electron chi connectivity index (χ4n) is 3.88. The molecule has 0 aromatic heterocycles. The van der Waals surface area contributed by atoms with Gasteiger partial charge in [-0.25, -0.2) is 0 Å². The second-order valence-corrected chi connectivity index (χ2v) is 10.5. The number of benzene rings is 4. The number of carbonyl (C=O) groups excluding carboxylic acids is 1. The Morgan fingerprint density at radius 3 is 2.18 bits per heavy atom. The van der Waals surface area contributed by atoms with E-state index < -0.39 is 16.8 Å². The predicted octanol–water partition coefficient (Wildman–Crippen LogP) is 6.14. The number of hydrogen-bond acceptors (Lipinski definition) is 4. The summed E-state index contributed by atoms with van der Waals surface area (Å²) in [6, 6.07) is 26.8. The summed E-state index contributed by atoms with van der Waals surface area (Å²) in [5.41, 5.74) is 3.74. The van der Waals surface area contributed by atoms with Crippen LogP contribution in [0.15, 0.2) is 95.9 Å². The Morgan fingerprint density at radius 2 is 1.55 bits per heavy atom. The van der Waals surface area contributed by atoms with Crippen molar-refractivity contribution in [3.63, 3.8) is 0 Å². The van der Waals surface area contributed by atoms with Crippen LogP contribution < -0.4 is 10.1 Å². The number of hydrogen-bond donors (Lipinski definition) is 2. The molecule has 194 valence electrons. The number of carbonyl (C=O) groups is 2. The van der Waals surface area contributed by atoms with Crippen LogP contribution in [-0.2, 0) is 28.4 Å². The molecule has 8 heteroatoms. The number of nitrogens with one attached hydrogen (secondary N) is 1. The molecule has 0 aliphatic rings. The van der Waals surface area contributed by atoms with Crippen molar-refractivity contribution in [1.29, 1.82) is 0 Å². The molecule has 4 aromatic rings. The van der Waals surface area contributed by atoms with Crippen LogP contribution in [0.2, 0.25) is 5.02 Å². The minimum absolute atomic E-state index is 0.119. The number of aliphatic carboxylic acids is 1. The van der Waals surface area contributed by atoms with Crippen LogP contribution in [0.4, 0.5) is 0 Å². The van der Waals surface area contributed by atoms with Gasteiger partial charge in [0.1, 0.15) is 11.5 Å². The van der Waals surface area contributed by atoms with Gasteiger partial charge in [-0.15, -0.1) is 0 Å². The van der Waals surface area contributed by atoms with Crippen LogP contribution in [0, 0.1) is 0 Å². The molecule has 6 nitrogen and oxygen atoms in total. The molecular weight excluding hydrogens is 522 g/mol. The fourth-order valence-corrected chi connectivity index (χ4v) is 4.52. The van der Waals surface area contributed by atoms with Gasteiger partial charge in [-0.1, -0.05) is 41.9 Å². The number of carboxylic acid groups (broad SMARTS) is 1. The third kappa shape index (κ3) is 7.31. The molecule has 1 atom stereocenters. The molecule has 0 radical (unpaired) electrons. The van der Waals surface area contributed by atoms with Crippen LogP contribution in [0.3, 0.4) is 0 Å². The van der Waals surface area contributed by atoms with E-state index in [0.717, 1.165) is 11.1 Å². The van der Waals surface area contributed by atoms with Crippen LogP contribution in [0.25, 0.3) is 11.1 Å². The third-order valence-corrected chi connectivity index (χ3v) is 7.04. The van der Waals surface area contributed by atoms with E-state index in [2.05, 4.69) is 5.32 Å². The van der Waals surface area contributed by atoms with Gasteiger partial charge in [0, 0.05) is 44.6 Å². The van der Waals surface area contributed by atoms with Crippen LogP contribution >= 0.6 is 11.6 Å². The summed E-state index contributed by atoms with van der Waals surface area (Å²) >= 11 is 5.91. The standard InChI is InChI=1S/C30H26ClNO5S/c1-38(36)26-13-7-22(8-14-26)27-18-21(19-29(33)34)4-15-28(27)37-25-11-5-23(6-12-25)30(35)32-17-16-20-2-9-24(31)10-3-20/h2-15,18H,16-17,19H2,1H3,(H,32,35)(H,33,34). The van der Waals surface area contributed by atoms with E-state index in [-0.39, 0.29) is 12.3 Å². The van der Waals surface area contributed by atoms with Crippen molar-refractivity contribution in [2.45, 2.75) is 17.7 Å². The van der Waals surface area contributed by atoms with Crippen molar-refractivity contribution in [2.24, 2.45) is 0 Å². The first kappa shape index (κ1) is 27.1. The Bertz CT molecular complexity index is 1450. The molecule has 38 heavy (non-hydrogen) atoms. The maximum absolute atomic E-state index is 12.6. The van der Waals surface area contributed by atoms with E-state index in [9.17, 15) is 18.9 Å². The number of carboxylic acids is 1. The maximum Gasteiger partial charge on any atom is 0.307 e. The Hall–Kier alpha value is -3.94. The number of ether oxygens (including phenoxy) is 1. The molecular formula is C30H26ClNO5S. The summed E-state index contributed by atoms with van der Waals surface area (Å²) in [6.45, 7) is 0.495. The van der Waals surface area contributed by atoms with Crippen molar-refractivity contribution in [3.05, 3.63) is 113 Å². The monoisotopic (exact) mass is 547 g/mol. The van der Waals surface area contributed by atoms with E-state index in [4.69, 9.17) is 16.3 Å². The molecule has 0 spiro atoms. The van der Waals surface area contributed by atoms with Crippen molar-refractivity contribution < 1.29 is 23.6 Å². The molecule has 0 fully saturated rings. The second-order valence-electron chi connectivity index (χ2n) is 8.64. The van der Waals surface area contributed by atoms with Crippen LogP contribution in [0.5, 0.6) is 11.5 Å². The summed E-state index contributed by atoms with van der Waals surface area (Å²) in [5, 5.41) is 12.8. The van der Waals surface area contributed by atoms with Gasteiger partial charge in [-0.05, 0) is 83.8 Å². The second kappa shape index (κ2) is 12.5. The van der Waals surface area contributed by atoms with Crippen molar-refractivity contribution in [2.75, 3.05) is 12.8 Å². The third-order valence-electron chi connectivity index (χ3n) is 5.85. The smallest absolute Gasteiger partial charge is 0.307 e. The minimum Gasteiger partial charge on any atom is -0.481 e. The zero-order valence-electron chi connectivity index (χ0n) is 20.6.